The Morgan fingerprint density at radius 1 is 0.630 bits per heavy atom. The number of ether oxygens (including phenoxy) is 4. The maximum Gasteiger partial charge on any atom is 0.343 e. The molecule has 0 aliphatic heterocycles. The van der Waals surface area contributed by atoms with Crippen LogP contribution in [0.2, 0.25) is 0 Å². The Morgan fingerprint density at radius 3 is 1.63 bits per heavy atom. The Labute approximate surface area is 321 Å². The maximum atomic E-state index is 12.7. The average molecular weight is 739 g/mol. The molecular formula is C46H58O8. The van der Waals surface area contributed by atoms with E-state index in [1.807, 2.05) is 30.3 Å². The molecule has 8 nitrogen and oxygen atoms in total. The molecule has 290 valence electrons. The summed E-state index contributed by atoms with van der Waals surface area (Å²) in [5.41, 5.74) is 2.14. The zero-order chi connectivity index (χ0) is 38.7. The van der Waals surface area contributed by atoms with Crippen molar-refractivity contribution < 1.29 is 38.1 Å². The fraction of sp³-hybridized carbons (Fsp3) is 0.478. The van der Waals surface area contributed by atoms with E-state index in [-0.39, 0.29) is 30.4 Å². The number of esters is 4. The highest BCUT2D eigenvalue weighted by Gasteiger charge is 2.33. The van der Waals surface area contributed by atoms with Crippen LogP contribution in [0.4, 0.5) is 0 Å². The molecule has 0 spiro atoms. The smallest absolute Gasteiger partial charge is 0.343 e. The van der Waals surface area contributed by atoms with Crippen LogP contribution in [-0.4, -0.2) is 30.0 Å². The van der Waals surface area contributed by atoms with Crippen molar-refractivity contribution in [3.05, 3.63) is 91.0 Å². The van der Waals surface area contributed by atoms with E-state index in [0.29, 0.717) is 66.2 Å². The minimum atomic E-state index is -0.520. The fourth-order valence-corrected chi connectivity index (χ4v) is 6.90. The summed E-state index contributed by atoms with van der Waals surface area (Å²) in [6.07, 6.45) is 14.7. The van der Waals surface area contributed by atoms with Crippen molar-refractivity contribution in [2.75, 3.05) is 0 Å². The van der Waals surface area contributed by atoms with Crippen LogP contribution in [0.5, 0.6) is 17.2 Å². The van der Waals surface area contributed by atoms with Crippen molar-refractivity contribution in [2.24, 2.45) is 17.8 Å². The molecule has 1 aliphatic rings. The summed E-state index contributed by atoms with van der Waals surface area (Å²) >= 11 is 0. The van der Waals surface area contributed by atoms with Gasteiger partial charge in [-0.3, -0.25) is 14.4 Å². The molecule has 4 rings (SSSR count). The quantitative estimate of drug-likeness (QED) is 0.0460. The van der Waals surface area contributed by atoms with Gasteiger partial charge < -0.3 is 18.9 Å². The van der Waals surface area contributed by atoms with Crippen molar-refractivity contribution in [1.82, 2.24) is 0 Å². The van der Waals surface area contributed by atoms with Crippen LogP contribution in [-0.2, 0) is 19.1 Å². The van der Waals surface area contributed by atoms with Crippen LogP contribution in [0, 0.1) is 17.8 Å². The molecule has 3 unspecified atom stereocenters. The maximum absolute atomic E-state index is 12.7. The summed E-state index contributed by atoms with van der Waals surface area (Å²) in [5.74, 6) is 1.39. The second kappa shape index (κ2) is 22.5. The van der Waals surface area contributed by atoms with Crippen LogP contribution in [0.15, 0.2) is 85.5 Å². The van der Waals surface area contributed by atoms with E-state index in [4.69, 9.17) is 18.9 Å². The first-order valence-corrected chi connectivity index (χ1v) is 19.9. The van der Waals surface area contributed by atoms with E-state index < -0.39 is 5.97 Å². The van der Waals surface area contributed by atoms with Crippen molar-refractivity contribution in [2.45, 2.75) is 123 Å². The van der Waals surface area contributed by atoms with Crippen LogP contribution in [0.1, 0.15) is 127 Å². The van der Waals surface area contributed by atoms with Crippen LogP contribution in [0.25, 0.3) is 11.1 Å². The number of carbonyl (C=O) groups is 4. The predicted octanol–water partition coefficient (Wildman–Crippen LogP) is 11.3. The number of allylic oxidation sites excluding steroid dienone is 1. The highest BCUT2D eigenvalue weighted by Crippen LogP contribution is 2.35. The first-order valence-electron chi connectivity index (χ1n) is 19.9. The third-order valence-electron chi connectivity index (χ3n) is 10.1. The summed E-state index contributed by atoms with van der Waals surface area (Å²) < 4.78 is 22.4. The van der Waals surface area contributed by atoms with E-state index in [0.717, 1.165) is 49.7 Å². The van der Waals surface area contributed by atoms with Crippen molar-refractivity contribution in [1.29, 1.82) is 0 Å². The summed E-state index contributed by atoms with van der Waals surface area (Å²) in [6, 6.07) is 20.7. The van der Waals surface area contributed by atoms with Gasteiger partial charge >= 0.3 is 23.9 Å². The number of unbranched alkanes of at least 4 members (excludes halogenated alkanes) is 7. The lowest BCUT2D eigenvalue weighted by Gasteiger charge is -2.36. The van der Waals surface area contributed by atoms with Crippen LogP contribution < -0.4 is 14.2 Å². The largest absolute Gasteiger partial charge is 0.462 e. The SMILES string of the molecule is C=CCCCCCCCCC(=O)Oc1ccc(C(=O)Oc2ccc(-c3ccc(OC(=O)CCCCC(=O)OC4CC(C)CCC4C(C)C)cc3)cc2)cc1. The van der Waals surface area contributed by atoms with Gasteiger partial charge in [-0.05, 0) is 122 Å². The number of hydrogen-bond donors (Lipinski definition) is 0. The molecule has 0 N–H and O–H groups in total. The molecule has 1 fully saturated rings. The number of hydrogen-bond acceptors (Lipinski definition) is 8. The zero-order valence-corrected chi connectivity index (χ0v) is 32.4. The number of carbonyl (C=O) groups excluding carboxylic acids is 4. The lowest BCUT2D eigenvalue weighted by Crippen LogP contribution is -2.35. The first-order chi connectivity index (χ1) is 26.1. The molecule has 0 aromatic heterocycles. The lowest BCUT2D eigenvalue weighted by atomic mass is 9.75. The van der Waals surface area contributed by atoms with Crippen LogP contribution in [0.3, 0.4) is 0 Å². The van der Waals surface area contributed by atoms with Crippen LogP contribution >= 0.6 is 0 Å². The van der Waals surface area contributed by atoms with E-state index in [2.05, 4.69) is 27.4 Å². The van der Waals surface area contributed by atoms with E-state index in [1.165, 1.54) is 25.7 Å². The Kier molecular flexibility index (Phi) is 17.5. The minimum absolute atomic E-state index is 0.00694. The molecule has 3 aromatic rings. The Hall–Kier alpha value is -4.72. The number of benzene rings is 3. The summed E-state index contributed by atoms with van der Waals surface area (Å²) in [5, 5.41) is 0. The predicted molar refractivity (Wildman–Crippen MR) is 211 cm³/mol. The van der Waals surface area contributed by atoms with Gasteiger partial charge in [0.25, 0.3) is 0 Å². The van der Waals surface area contributed by atoms with Gasteiger partial charge in [-0.15, -0.1) is 6.58 Å². The normalized spacial score (nSPS) is 16.7. The molecule has 1 saturated carbocycles. The average Bonchev–Trinajstić information content (AvgIpc) is 3.15. The molecule has 0 radical (unpaired) electrons. The Balaban J connectivity index is 1.13. The van der Waals surface area contributed by atoms with Crippen molar-refractivity contribution in [3.8, 4) is 28.4 Å². The minimum Gasteiger partial charge on any atom is -0.462 e. The van der Waals surface area contributed by atoms with Crippen molar-refractivity contribution >= 4 is 23.9 Å². The molecule has 3 aromatic carbocycles. The number of rotatable bonds is 21. The van der Waals surface area contributed by atoms with Gasteiger partial charge in [-0.25, -0.2) is 4.79 Å². The molecule has 8 heteroatoms. The van der Waals surface area contributed by atoms with E-state index >= 15 is 0 Å². The third kappa shape index (κ3) is 14.6. The third-order valence-corrected chi connectivity index (χ3v) is 10.1. The Bertz CT molecular complexity index is 1620. The molecule has 54 heavy (non-hydrogen) atoms. The molecular weight excluding hydrogens is 680 g/mol. The Morgan fingerprint density at radius 2 is 1.09 bits per heavy atom. The fourth-order valence-electron chi connectivity index (χ4n) is 6.90. The first kappa shape index (κ1) is 42.0. The summed E-state index contributed by atoms with van der Waals surface area (Å²) in [7, 11) is 0. The molecule has 0 heterocycles. The molecule has 0 amide bonds. The molecule has 0 bridgehead atoms. The molecule has 3 atom stereocenters. The van der Waals surface area contributed by atoms with Gasteiger partial charge in [0.2, 0.25) is 0 Å². The second-order valence-electron chi connectivity index (χ2n) is 14.9. The highest BCUT2D eigenvalue weighted by molar-refractivity contribution is 5.91. The monoisotopic (exact) mass is 738 g/mol. The van der Waals surface area contributed by atoms with Gasteiger partial charge in [0.05, 0.1) is 5.56 Å². The molecule has 0 saturated heterocycles. The van der Waals surface area contributed by atoms with E-state index in [1.54, 1.807) is 48.5 Å². The van der Waals surface area contributed by atoms with E-state index in [9.17, 15) is 19.2 Å². The molecule has 1 aliphatic carbocycles. The standard InChI is InChI=1S/C46H58O8/c1-5-6-7-8-9-10-11-12-15-43(47)52-39-29-23-37(24-30-39)46(50)53-40-27-21-36(22-28-40)35-19-25-38(26-20-35)51-44(48)16-13-14-17-45(49)54-42-32-34(4)18-31-41(42)33(2)3/h5,19-30,33-34,41-42H,1,6-18,31-32H2,2-4H3. The van der Waals surface area contributed by atoms with Gasteiger partial charge in [-0.1, -0.05) is 83.2 Å². The lowest BCUT2D eigenvalue weighted by molar-refractivity contribution is -0.156. The van der Waals surface area contributed by atoms with Gasteiger partial charge in [0.15, 0.2) is 0 Å². The van der Waals surface area contributed by atoms with Gasteiger partial charge in [0.1, 0.15) is 23.4 Å². The summed E-state index contributed by atoms with van der Waals surface area (Å²) in [4.78, 5) is 49.9. The van der Waals surface area contributed by atoms with Gasteiger partial charge in [-0.2, -0.15) is 0 Å². The zero-order valence-electron chi connectivity index (χ0n) is 32.4. The summed E-state index contributed by atoms with van der Waals surface area (Å²) in [6.45, 7) is 10.4. The van der Waals surface area contributed by atoms with Gasteiger partial charge in [0, 0.05) is 19.3 Å². The van der Waals surface area contributed by atoms with Crippen molar-refractivity contribution in [3.63, 3.8) is 0 Å². The topological polar surface area (TPSA) is 105 Å². The second-order valence-corrected chi connectivity index (χ2v) is 14.9. The highest BCUT2D eigenvalue weighted by atomic mass is 16.5.